The van der Waals surface area contributed by atoms with Crippen molar-refractivity contribution in [2.75, 3.05) is 39.5 Å². The number of fused-ring (bicyclic) bond motifs is 2. The van der Waals surface area contributed by atoms with Crippen molar-refractivity contribution in [2.45, 2.75) is 93.8 Å². The molecule has 0 fully saturated rings. The fourth-order valence-corrected chi connectivity index (χ4v) is 7.73. The number of amides is 3. The van der Waals surface area contributed by atoms with Crippen molar-refractivity contribution < 1.29 is 207 Å². The zero-order valence-electron chi connectivity index (χ0n) is 46.6. The van der Waals surface area contributed by atoms with E-state index in [0.717, 1.165) is 30.3 Å². The third-order valence-corrected chi connectivity index (χ3v) is 13.6. The molecule has 0 radical (unpaired) electrons. The van der Waals surface area contributed by atoms with Crippen LogP contribution in [0.5, 0.6) is 5.75 Å². The number of aromatic hydroxyl groups is 1. The molecule has 0 aliphatic rings. The van der Waals surface area contributed by atoms with Crippen LogP contribution in [0.15, 0.2) is 85.6 Å². The Morgan fingerprint density at radius 3 is 1.09 bits per heavy atom. The van der Waals surface area contributed by atoms with Crippen molar-refractivity contribution >= 4 is 365 Å². The van der Waals surface area contributed by atoms with Gasteiger partial charge in [0, 0.05) is 52.0 Å². The minimum atomic E-state index is -5.27. The number of nitrogens with zero attached hydrogens (tertiary/aromatic N) is 2. The first-order chi connectivity index (χ1) is 36.6. The molecular weight excluding hydrogens is 1410 g/mol. The van der Waals surface area contributed by atoms with Gasteiger partial charge in [0.05, 0.1) is 59.5 Å². The molecule has 30 nitrogen and oxygen atoms in total. The standard InChI is InChI=1S/C20H14N2O10S3.3C9H17NO5.12Na.9H/c23-20-18(35(30,31)32)10-11-9-12(33(24,25)26)5-6-13(11)19(20)22-21-16-7-8-17(34(27,28)29)15-4-2-1-3-14(15)16;3*1-9(2,5-11)7(14)8(15)10-4-3-6(12)13;;;;;;;;;;;;;;;;;;;;;/h1-10,23H,(H,24,25,26)(H,27,28,29)(H,30,31,32);3*7,11,14H,3-5H2,1-2H3,(H,10,15)(H,12,13);;;;;;;;;;;;;;;;;;;;;/q;;;;;;;;;;;;;3*+1;;;;;;;;;/p-3/t;3*7-;;;;;;;;;;;;;;;;;;;;;/m.000...................../s1. The van der Waals surface area contributed by atoms with Gasteiger partial charge in [0.1, 0.15) is 54.4 Å². The summed E-state index contributed by atoms with van der Waals surface area (Å²) in [5.41, 5.74) is -3.32. The molecule has 464 valence electrons. The molecule has 3 amide bonds. The van der Waals surface area contributed by atoms with Crippen LogP contribution in [0.3, 0.4) is 0 Å². The molecule has 4 rings (SSSR count). The van der Waals surface area contributed by atoms with Crippen molar-refractivity contribution in [1.29, 1.82) is 0 Å². The summed E-state index contributed by atoms with van der Waals surface area (Å²) < 4.78 is 104. The van der Waals surface area contributed by atoms with Crippen molar-refractivity contribution in [3.63, 3.8) is 0 Å². The second-order valence-corrected chi connectivity index (χ2v) is 23.2. The molecule has 0 heterocycles. The second-order valence-electron chi connectivity index (χ2n) is 19.1. The van der Waals surface area contributed by atoms with E-state index in [-0.39, 0.29) is 441 Å². The number of rotatable bonds is 23. The van der Waals surface area contributed by atoms with Crippen LogP contribution in [-0.4, -0.2) is 449 Å². The Balaban J connectivity index is -0.0000000970. The van der Waals surface area contributed by atoms with Gasteiger partial charge in [0.15, 0.2) is 5.75 Å². The Labute approximate surface area is 799 Å². The molecule has 0 spiro atoms. The molecule has 0 saturated carbocycles. The van der Waals surface area contributed by atoms with Gasteiger partial charge in [-0.05, 0) is 35.7 Å². The van der Waals surface area contributed by atoms with Crippen LogP contribution in [0.1, 0.15) is 60.8 Å². The number of hydrogen-bond acceptors (Lipinski definition) is 24. The third kappa shape index (κ3) is 44.2. The van der Waals surface area contributed by atoms with Crippen LogP contribution < -0.4 is 105 Å². The molecule has 0 aliphatic carbocycles. The minimum absolute atomic E-state index is 0. The maximum absolute atomic E-state index is 11.7. The quantitative estimate of drug-likeness (QED) is 0.0186. The summed E-state index contributed by atoms with van der Waals surface area (Å²) in [7, 11) is -15.0. The molecule has 0 aromatic heterocycles. The number of azo groups is 1. The van der Waals surface area contributed by atoms with E-state index in [1.54, 1.807) is 0 Å². The number of carboxylic acids is 3. The Morgan fingerprint density at radius 1 is 0.467 bits per heavy atom. The summed E-state index contributed by atoms with van der Waals surface area (Å²) in [5, 5.41) is 105. The van der Waals surface area contributed by atoms with E-state index < -0.39 is 127 Å². The van der Waals surface area contributed by atoms with Gasteiger partial charge >= 0.3 is 373 Å². The summed E-state index contributed by atoms with van der Waals surface area (Å²) in [5.74, 6) is -6.15. The molecule has 3 atom stereocenters. The Hall–Kier alpha value is 5.11. The van der Waals surface area contributed by atoms with Gasteiger partial charge in [-0.15, -0.1) is 10.2 Å². The normalized spacial score (nSPS) is 11.5. The average Bonchev–Trinajstić information content (AvgIpc) is 3.36. The average molecular weight is 1480 g/mol. The molecule has 13 N–H and O–H groups in total. The Morgan fingerprint density at radius 2 is 0.793 bits per heavy atom. The molecule has 0 aliphatic heterocycles. The number of carbonyl (C=O) groups excluding carboxylic acids is 3. The van der Waals surface area contributed by atoms with E-state index in [0.29, 0.717) is 6.07 Å². The number of aliphatic carboxylic acids is 3. The van der Waals surface area contributed by atoms with E-state index >= 15 is 0 Å². The van der Waals surface area contributed by atoms with Crippen LogP contribution in [0.25, 0.3) is 21.5 Å². The van der Waals surface area contributed by atoms with Gasteiger partial charge in [-0.3, -0.25) is 28.8 Å². The number of nitrogens with one attached hydrogen (secondary N) is 3. The van der Waals surface area contributed by atoms with Crippen molar-refractivity contribution in [3.05, 3.63) is 60.7 Å². The third-order valence-electron chi connectivity index (χ3n) is 11.1. The molecule has 0 bridgehead atoms. The van der Waals surface area contributed by atoms with Gasteiger partial charge in [-0.2, -0.15) is 0 Å². The van der Waals surface area contributed by atoms with Crippen molar-refractivity contribution in [2.24, 2.45) is 26.5 Å². The van der Waals surface area contributed by atoms with E-state index in [1.807, 2.05) is 0 Å². The summed E-state index contributed by atoms with van der Waals surface area (Å²) in [6.45, 7) is 8.11. The van der Waals surface area contributed by atoms with Crippen LogP contribution >= 0.6 is 0 Å². The first-order valence-electron chi connectivity index (χ1n) is 23.1. The van der Waals surface area contributed by atoms with Gasteiger partial charge in [-0.1, -0.05) is 71.9 Å². The molecular formula is C47H71N5Na12O25S3. The first kappa shape index (κ1) is 124. The summed E-state index contributed by atoms with van der Waals surface area (Å²) in [4.78, 5) is 61.9. The maximum atomic E-state index is 11.7. The molecule has 45 heteroatoms. The van der Waals surface area contributed by atoms with Crippen LogP contribution in [0, 0.1) is 16.2 Å². The van der Waals surface area contributed by atoms with Crippen molar-refractivity contribution in [1.82, 2.24) is 16.0 Å². The number of phenols is 1. The number of carboxylic acid groups (broad SMARTS) is 3. The van der Waals surface area contributed by atoms with Gasteiger partial charge in [-0.25, -0.2) is 25.3 Å². The molecule has 4 aromatic rings. The topological polar surface area (TPSA) is 537 Å². The zero-order chi connectivity index (χ0) is 61.9. The fraction of sp³-hybridized carbons (Fsp3) is 0.447. The SMILES string of the molecule is CC(C)(CO)[C@@H](O)C(=O)NCCC(=O)O.CC(C)(CO)[C@@H](O)C(=O)NCCC(=O)O.CC(C)(CO)[C@@H](O)C(=O)NCCC(=O)O.O=S(=O)([O-])c1ccc2c(N=Nc3ccc(S(=O)(=O)[O-])c4ccccc34)c(O)c(S(=O)(=O)[O-])cc2c1.[Na+].[Na+].[Na+].[NaH].[NaH].[NaH].[NaH].[NaH].[NaH].[NaH].[NaH].[NaH]. The Bertz CT molecular complexity index is 3170. The number of carbonyl (C=O) groups is 6. The number of benzene rings is 4. The van der Waals surface area contributed by atoms with Gasteiger partial charge < -0.3 is 80.7 Å². The zero-order valence-corrected chi connectivity index (χ0v) is 55.0. The van der Waals surface area contributed by atoms with Gasteiger partial charge in [0.25, 0.3) is 0 Å². The van der Waals surface area contributed by atoms with Gasteiger partial charge in [0.2, 0.25) is 17.7 Å². The Kier molecular flexibility index (Phi) is 78.5. The van der Waals surface area contributed by atoms with Crippen LogP contribution in [0.2, 0.25) is 0 Å². The van der Waals surface area contributed by atoms with E-state index in [9.17, 15) is 88.1 Å². The van der Waals surface area contributed by atoms with Crippen LogP contribution in [-0.2, 0) is 59.1 Å². The number of aliphatic hydroxyl groups is 6. The molecule has 0 unspecified atom stereocenters. The predicted molar refractivity (Wildman–Crippen MR) is 338 cm³/mol. The summed E-state index contributed by atoms with van der Waals surface area (Å²) in [6.07, 6.45) is -4.64. The summed E-state index contributed by atoms with van der Waals surface area (Å²) >= 11 is 0. The predicted octanol–water partition coefficient (Wildman–Crippen LogP) is -15.1. The number of hydrogen-bond donors (Lipinski definition) is 13. The van der Waals surface area contributed by atoms with Crippen LogP contribution in [0.4, 0.5) is 11.4 Å². The number of phenolic OH excluding ortho intramolecular Hbond substituents is 1. The first-order valence-corrected chi connectivity index (χ1v) is 27.3. The molecule has 92 heavy (non-hydrogen) atoms. The summed E-state index contributed by atoms with van der Waals surface area (Å²) in [6, 6.07) is 11.5. The van der Waals surface area contributed by atoms with E-state index in [4.69, 9.17) is 30.6 Å². The molecule has 0 saturated heterocycles. The monoisotopic (exact) mass is 1480 g/mol. The fourth-order valence-electron chi connectivity index (χ4n) is 5.93. The van der Waals surface area contributed by atoms with Crippen molar-refractivity contribution in [3.8, 4) is 5.75 Å². The second kappa shape index (κ2) is 58.3. The molecule has 4 aromatic carbocycles. The van der Waals surface area contributed by atoms with E-state index in [1.165, 1.54) is 65.8 Å². The van der Waals surface area contributed by atoms with E-state index in [2.05, 4.69) is 26.2 Å². The number of aliphatic hydroxyl groups excluding tert-OH is 6.